The maximum Gasteiger partial charge on any atom is 0.0423 e. The third-order valence-electron chi connectivity index (χ3n) is 4.36. The van der Waals surface area contributed by atoms with Crippen LogP contribution in [0.5, 0.6) is 0 Å². The number of hydrogen-bond donors (Lipinski definition) is 0. The first-order valence-electron chi connectivity index (χ1n) is 7.28. The molecule has 1 saturated heterocycles. The molecule has 2 aromatic carbocycles. The van der Waals surface area contributed by atoms with Gasteiger partial charge in [0.05, 0.1) is 0 Å². The van der Waals surface area contributed by atoms with Crippen LogP contribution in [0.4, 0.5) is 0 Å². The van der Waals surface area contributed by atoms with E-state index in [-0.39, 0.29) is 5.41 Å². The second-order valence-electron chi connectivity index (χ2n) is 6.17. The molecule has 0 N–H and O–H groups in total. The standard InChI is InChI=1S/C18H19Cl2N/c1-18(15-9-16(19)11-17(20)10-15)7-8-21(13-18)12-14-5-3-2-4-6-14/h2-6,9-11H,7-8,12-13H2,1H3. The van der Waals surface area contributed by atoms with Crippen molar-refractivity contribution in [2.75, 3.05) is 13.1 Å². The highest BCUT2D eigenvalue weighted by molar-refractivity contribution is 6.34. The molecule has 1 aliphatic rings. The van der Waals surface area contributed by atoms with E-state index < -0.39 is 0 Å². The van der Waals surface area contributed by atoms with Gasteiger partial charge in [-0.15, -0.1) is 0 Å². The molecule has 1 nitrogen and oxygen atoms in total. The van der Waals surface area contributed by atoms with Gasteiger partial charge in [-0.2, -0.15) is 0 Å². The normalized spacial score (nSPS) is 22.6. The average molecular weight is 320 g/mol. The fourth-order valence-electron chi connectivity index (χ4n) is 3.17. The summed E-state index contributed by atoms with van der Waals surface area (Å²) in [4.78, 5) is 2.50. The van der Waals surface area contributed by atoms with Crippen molar-refractivity contribution in [2.24, 2.45) is 0 Å². The van der Waals surface area contributed by atoms with Crippen LogP contribution in [-0.4, -0.2) is 18.0 Å². The summed E-state index contributed by atoms with van der Waals surface area (Å²) in [6, 6.07) is 16.5. The number of nitrogens with zero attached hydrogens (tertiary/aromatic N) is 1. The van der Waals surface area contributed by atoms with Crippen LogP contribution >= 0.6 is 23.2 Å². The monoisotopic (exact) mass is 319 g/mol. The van der Waals surface area contributed by atoms with Crippen LogP contribution in [0, 0.1) is 0 Å². The van der Waals surface area contributed by atoms with E-state index in [1.165, 1.54) is 11.1 Å². The third-order valence-corrected chi connectivity index (χ3v) is 4.80. The predicted octanol–water partition coefficient (Wildman–Crippen LogP) is 5.16. The fourth-order valence-corrected chi connectivity index (χ4v) is 3.70. The Morgan fingerprint density at radius 1 is 1.05 bits per heavy atom. The fraction of sp³-hybridized carbons (Fsp3) is 0.333. The number of likely N-dealkylation sites (tertiary alicyclic amines) is 1. The van der Waals surface area contributed by atoms with Gasteiger partial charge in [0.1, 0.15) is 0 Å². The van der Waals surface area contributed by atoms with Crippen molar-refractivity contribution < 1.29 is 0 Å². The zero-order chi connectivity index (χ0) is 14.9. The van der Waals surface area contributed by atoms with Crippen LogP contribution in [-0.2, 0) is 12.0 Å². The Hall–Kier alpha value is -1.02. The smallest absolute Gasteiger partial charge is 0.0423 e. The first-order valence-corrected chi connectivity index (χ1v) is 8.04. The Bertz CT molecular complexity index is 606. The van der Waals surface area contributed by atoms with E-state index in [1.807, 2.05) is 0 Å². The molecule has 3 rings (SSSR count). The Morgan fingerprint density at radius 3 is 2.38 bits per heavy atom. The van der Waals surface area contributed by atoms with Crippen molar-refractivity contribution in [1.82, 2.24) is 4.90 Å². The molecule has 0 radical (unpaired) electrons. The number of rotatable bonds is 3. The van der Waals surface area contributed by atoms with Crippen molar-refractivity contribution in [2.45, 2.75) is 25.3 Å². The van der Waals surface area contributed by atoms with Gasteiger partial charge in [-0.3, -0.25) is 4.90 Å². The van der Waals surface area contributed by atoms with Crippen LogP contribution < -0.4 is 0 Å². The topological polar surface area (TPSA) is 3.24 Å². The average Bonchev–Trinajstić information content (AvgIpc) is 2.82. The van der Waals surface area contributed by atoms with Crippen molar-refractivity contribution in [3.05, 3.63) is 69.7 Å². The van der Waals surface area contributed by atoms with E-state index in [1.54, 1.807) is 6.07 Å². The molecule has 1 fully saturated rings. The van der Waals surface area contributed by atoms with Gasteiger partial charge in [-0.1, -0.05) is 60.5 Å². The van der Waals surface area contributed by atoms with E-state index in [0.717, 1.165) is 36.1 Å². The van der Waals surface area contributed by atoms with Crippen molar-refractivity contribution in [1.29, 1.82) is 0 Å². The molecule has 1 atom stereocenters. The van der Waals surface area contributed by atoms with Gasteiger partial charge in [-0.25, -0.2) is 0 Å². The molecule has 21 heavy (non-hydrogen) atoms. The van der Waals surface area contributed by atoms with Crippen LogP contribution in [0.25, 0.3) is 0 Å². The summed E-state index contributed by atoms with van der Waals surface area (Å²) in [6.07, 6.45) is 1.14. The highest BCUT2D eigenvalue weighted by Gasteiger charge is 2.35. The minimum Gasteiger partial charge on any atom is -0.298 e. The molecule has 0 spiro atoms. The molecular weight excluding hydrogens is 301 g/mol. The molecular formula is C18H19Cl2N. The van der Waals surface area contributed by atoms with Crippen molar-refractivity contribution in [3.8, 4) is 0 Å². The Labute approximate surface area is 136 Å². The summed E-state index contributed by atoms with van der Waals surface area (Å²) in [5.74, 6) is 0. The Morgan fingerprint density at radius 2 is 1.71 bits per heavy atom. The van der Waals surface area contributed by atoms with Gasteiger partial charge < -0.3 is 0 Å². The van der Waals surface area contributed by atoms with Gasteiger partial charge in [0.2, 0.25) is 0 Å². The van der Waals surface area contributed by atoms with Crippen molar-refractivity contribution >= 4 is 23.2 Å². The summed E-state index contributed by atoms with van der Waals surface area (Å²) >= 11 is 12.3. The molecule has 0 saturated carbocycles. The largest absolute Gasteiger partial charge is 0.298 e. The molecule has 1 unspecified atom stereocenters. The van der Waals surface area contributed by atoms with Crippen LogP contribution in [0.1, 0.15) is 24.5 Å². The van der Waals surface area contributed by atoms with Crippen LogP contribution in [0.3, 0.4) is 0 Å². The second kappa shape index (κ2) is 6.00. The number of benzene rings is 2. The summed E-state index contributed by atoms with van der Waals surface area (Å²) in [6.45, 7) is 5.46. The minimum absolute atomic E-state index is 0.128. The number of halogens is 2. The minimum atomic E-state index is 0.128. The predicted molar refractivity (Wildman–Crippen MR) is 90.2 cm³/mol. The maximum absolute atomic E-state index is 6.16. The van der Waals surface area contributed by atoms with Crippen LogP contribution in [0.15, 0.2) is 48.5 Å². The third kappa shape index (κ3) is 3.42. The number of hydrogen-bond acceptors (Lipinski definition) is 1. The molecule has 0 aromatic heterocycles. The lowest BCUT2D eigenvalue weighted by atomic mass is 9.82. The quantitative estimate of drug-likeness (QED) is 0.755. The first kappa shape index (κ1) is 14.9. The van der Waals surface area contributed by atoms with E-state index in [2.05, 4.69) is 54.3 Å². The first-order chi connectivity index (χ1) is 10.0. The SMILES string of the molecule is CC1(c2cc(Cl)cc(Cl)c2)CCN(Cc2ccccc2)C1. The highest BCUT2D eigenvalue weighted by atomic mass is 35.5. The van der Waals surface area contributed by atoms with Gasteiger partial charge in [0.15, 0.2) is 0 Å². The highest BCUT2D eigenvalue weighted by Crippen LogP contribution is 2.37. The van der Waals surface area contributed by atoms with E-state index in [0.29, 0.717) is 0 Å². The van der Waals surface area contributed by atoms with Gasteiger partial charge in [0.25, 0.3) is 0 Å². The van der Waals surface area contributed by atoms with E-state index in [4.69, 9.17) is 23.2 Å². The Balaban J connectivity index is 1.76. The second-order valence-corrected chi connectivity index (χ2v) is 7.04. The van der Waals surface area contributed by atoms with E-state index >= 15 is 0 Å². The zero-order valence-corrected chi connectivity index (χ0v) is 13.7. The molecule has 1 aliphatic heterocycles. The summed E-state index contributed by atoms with van der Waals surface area (Å²) in [5, 5.41) is 1.44. The summed E-state index contributed by atoms with van der Waals surface area (Å²) in [7, 11) is 0. The summed E-state index contributed by atoms with van der Waals surface area (Å²) in [5.41, 5.74) is 2.74. The molecule has 0 aliphatic carbocycles. The maximum atomic E-state index is 6.16. The lowest BCUT2D eigenvalue weighted by molar-refractivity contribution is 0.309. The molecule has 2 aromatic rings. The molecule has 1 heterocycles. The van der Waals surface area contributed by atoms with Crippen molar-refractivity contribution in [3.63, 3.8) is 0 Å². The molecule has 0 amide bonds. The van der Waals surface area contributed by atoms with E-state index in [9.17, 15) is 0 Å². The molecule has 110 valence electrons. The Kier molecular flexibility index (Phi) is 4.26. The lowest BCUT2D eigenvalue weighted by Gasteiger charge is -2.26. The van der Waals surface area contributed by atoms with Gasteiger partial charge >= 0.3 is 0 Å². The lowest BCUT2D eigenvalue weighted by Crippen LogP contribution is -2.28. The molecule has 3 heteroatoms. The molecule has 0 bridgehead atoms. The summed E-state index contributed by atoms with van der Waals surface area (Å²) < 4.78 is 0. The van der Waals surface area contributed by atoms with Gasteiger partial charge in [0, 0.05) is 28.5 Å². The van der Waals surface area contributed by atoms with Gasteiger partial charge in [-0.05, 0) is 42.3 Å². The zero-order valence-electron chi connectivity index (χ0n) is 12.2. The van der Waals surface area contributed by atoms with Crippen LogP contribution in [0.2, 0.25) is 10.0 Å².